The fraction of sp³-hybridized carbons (Fsp3) is 0.941. The highest BCUT2D eigenvalue weighted by Crippen LogP contribution is 2.40. The van der Waals surface area contributed by atoms with Crippen molar-refractivity contribution in [2.75, 3.05) is 19.4 Å². The topological polar surface area (TPSA) is 38.3 Å². The van der Waals surface area contributed by atoms with Crippen LogP contribution >= 0.6 is 11.8 Å². The molecule has 21 heavy (non-hydrogen) atoms. The number of hydrogen-bond donors (Lipinski definition) is 1. The smallest absolute Gasteiger partial charge is 0.326 e. The minimum absolute atomic E-state index is 0.0377. The maximum Gasteiger partial charge on any atom is 0.326 e. The van der Waals surface area contributed by atoms with E-state index < -0.39 is 5.54 Å². The second-order valence-corrected chi connectivity index (χ2v) is 7.95. The summed E-state index contributed by atoms with van der Waals surface area (Å²) in [7, 11) is 1.53. The zero-order valence-corrected chi connectivity index (χ0v) is 14.5. The van der Waals surface area contributed by atoms with E-state index in [4.69, 9.17) is 4.74 Å². The van der Waals surface area contributed by atoms with Gasteiger partial charge in [-0.3, -0.25) is 4.79 Å². The lowest BCUT2D eigenvalue weighted by molar-refractivity contribution is -0.150. The van der Waals surface area contributed by atoms with Gasteiger partial charge in [0.05, 0.1) is 7.11 Å². The first-order valence-corrected chi connectivity index (χ1v) is 9.73. The van der Waals surface area contributed by atoms with Gasteiger partial charge in [-0.1, -0.05) is 26.2 Å². The van der Waals surface area contributed by atoms with Crippen molar-refractivity contribution in [3.8, 4) is 0 Å². The number of hydrogen-bond acceptors (Lipinski definition) is 4. The lowest BCUT2D eigenvalue weighted by Crippen LogP contribution is -2.55. The Morgan fingerprint density at radius 1 is 1.29 bits per heavy atom. The van der Waals surface area contributed by atoms with Crippen molar-refractivity contribution in [3.05, 3.63) is 0 Å². The molecule has 0 amide bonds. The molecule has 0 bridgehead atoms. The van der Waals surface area contributed by atoms with Gasteiger partial charge in [0.1, 0.15) is 5.54 Å². The lowest BCUT2D eigenvalue weighted by atomic mass is 9.85. The molecule has 2 rings (SSSR count). The van der Waals surface area contributed by atoms with Crippen LogP contribution in [0, 0.1) is 5.92 Å². The molecule has 0 aromatic rings. The van der Waals surface area contributed by atoms with Crippen LogP contribution in [0.15, 0.2) is 0 Å². The molecule has 0 saturated heterocycles. The molecule has 3 nitrogen and oxygen atoms in total. The predicted molar refractivity (Wildman–Crippen MR) is 89.7 cm³/mol. The number of ether oxygens (including phenoxy) is 1. The normalized spacial score (nSPS) is 29.9. The summed E-state index contributed by atoms with van der Waals surface area (Å²) in [4.78, 5) is 12.4. The van der Waals surface area contributed by atoms with E-state index in [0.29, 0.717) is 5.92 Å². The summed E-state index contributed by atoms with van der Waals surface area (Å²) < 4.78 is 5.14. The van der Waals surface area contributed by atoms with Crippen LogP contribution in [-0.4, -0.2) is 36.2 Å². The van der Waals surface area contributed by atoms with Crippen LogP contribution in [0.25, 0.3) is 0 Å². The van der Waals surface area contributed by atoms with E-state index in [0.717, 1.165) is 43.9 Å². The van der Waals surface area contributed by atoms with Gasteiger partial charge in [-0.05, 0) is 56.7 Å². The average molecular weight is 314 g/mol. The molecule has 2 aliphatic rings. The SMILES string of the molecule is CCCNC1(C(=O)OC)CCCC1CCSC1CCCC1. The molecule has 0 aliphatic heterocycles. The van der Waals surface area contributed by atoms with E-state index in [1.165, 1.54) is 38.5 Å². The highest BCUT2D eigenvalue weighted by molar-refractivity contribution is 7.99. The first kappa shape index (κ1) is 17.1. The molecule has 4 heteroatoms. The predicted octanol–water partition coefficient (Wildman–Crippen LogP) is 3.76. The molecule has 0 spiro atoms. The molecule has 2 saturated carbocycles. The van der Waals surface area contributed by atoms with Crippen LogP contribution in [0.1, 0.15) is 64.7 Å². The van der Waals surface area contributed by atoms with Gasteiger partial charge >= 0.3 is 5.97 Å². The van der Waals surface area contributed by atoms with E-state index in [-0.39, 0.29) is 5.97 Å². The third-order valence-electron chi connectivity index (χ3n) is 5.18. The molecule has 2 atom stereocenters. The minimum Gasteiger partial charge on any atom is -0.468 e. The largest absolute Gasteiger partial charge is 0.468 e. The number of esters is 1. The number of carbonyl (C=O) groups is 1. The standard InChI is InChI=1S/C17H31NO2S/c1-3-12-18-17(16(19)20-2)11-6-7-14(17)10-13-21-15-8-4-5-9-15/h14-15,18H,3-13H2,1-2H3. The minimum atomic E-state index is -0.402. The number of carbonyl (C=O) groups excluding carboxylic acids is 1. The van der Waals surface area contributed by atoms with E-state index in [1.54, 1.807) is 0 Å². The Bertz CT molecular complexity index is 331. The molecule has 122 valence electrons. The summed E-state index contributed by atoms with van der Waals surface area (Å²) in [6, 6.07) is 0. The van der Waals surface area contributed by atoms with Crippen molar-refractivity contribution < 1.29 is 9.53 Å². The Balaban J connectivity index is 1.89. The van der Waals surface area contributed by atoms with Gasteiger partial charge in [-0.25, -0.2) is 0 Å². The monoisotopic (exact) mass is 313 g/mol. The first-order chi connectivity index (χ1) is 10.2. The number of rotatable bonds is 8. The van der Waals surface area contributed by atoms with Crippen molar-refractivity contribution in [2.24, 2.45) is 5.92 Å². The van der Waals surface area contributed by atoms with Crippen molar-refractivity contribution in [2.45, 2.75) is 75.5 Å². The summed E-state index contributed by atoms with van der Waals surface area (Å²) in [6.45, 7) is 3.05. The molecule has 0 radical (unpaired) electrons. The summed E-state index contributed by atoms with van der Waals surface area (Å²) in [5.74, 6) is 1.61. The van der Waals surface area contributed by atoms with Crippen molar-refractivity contribution in [1.82, 2.24) is 5.32 Å². The van der Waals surface area contributed by atoms with Crippen LogP contribution in [0.3, 0.4) is 0 Å². The quantitative estimate of drug-likeness (QED) is 0.692. The molecular weight excluding hydrogens is 282 g/mol. The van der Waals surface area contributed by atoms with Gasteiger partial charge in [0.25, 0.3) is 0 Å². The van der Waals surface area contributed by atoms with Gasteiger partial charge in [0.15, 0.2) is 0 Å². The van der Waals surface area contributed by atoms with Crippen molar-refractivity contribution >= 4 is 17.7 Å². The maximum atomic E-state index is 12.4. The Labute approximate surface area is 134 Å². The van der Waals surface area contributed by atoms with Crippen LogP contribution < -0.4 is 5.32 Å². The van der Waals surface area contributed by atoms with Crippen LogP contribution in [0.5, 0.6) is 0 Å². The number of nitrogens with one attached hydrogen (secondary N) is 1. The van der Waals surface area contributed by atoms with Gasteiger partial charge in [0.2, 0.25) is 0 Å². The first-order valence-electron chi connectivity index (χ1n) is 8.68. The molecule has 0 heterocycles. The third kappa shape index (κ3) is 4.16. The Hall–Kier alpha value is -0.220. The zero-order valence-electron chi connectivity index (χ0n) is 13.7. The Morgan fingerprint density at radius 2 is 2.05 bits per heavy atom. The molecule has 1 N–H and O–H groups in total. The van der Waals surface area contributed by atoms with Crippen LogP contribution in [-0.2, 0) is 9.53 Å². The Kier molecular flexibility index (Phi) is 6.87. The van der Waals surface area contributed by atoms with Crippen molar-refractivity contribution in [3.63, 3.8) is 0 Å². The Morgan fingerprint density at radius 3 is 2.71 bits per heavy atom. The summed E-state index contributed by atoms with van der Waals surface area (Å²) in [5.41, 5.74) is -0.402. The molecule has 0 aromatic heterocycles. The van der Waals surface area contributed by atoms with Gasteiger partial charge in [0, 0.05) is 5.25 Å². The molecular formula is C17H31NO2S. The summed E-state index contributed by atoms with van der Waals surface area (Å²) >= 11 is 2.13. The van der Waals surface area contributed by atoms with Gasteiger partial charge < -0.3 is 10.1 Å². The molecule has 2 fully saturated rings. The second-order valence-electron chi connectivity index (χ2n) is 6.54. The fourth-order valence-electron chi connectivity index (χ4n) is 4.00. The van der Waals surface area contributed by atoms with E-state index in [1.807, 2.05) is 0 Å². The van der Waals surface area contributed by atoms with Crippen LogP contribution in [0.4, 0.5) is 0 Å². The number of thioether (sulfide) groups is 1. The lowest BCUT2D eigenvalue weighted by Gasteiger charge is -2.34. The zero-order chi connectivity index (χ0) is 15.1. The average Bonchev–Trinajstić information content (AvgIpc) is 3.15. The number of methoxy groups -OCH3 is 1. The highest BCUT2D eigenvalue weighted by Gasteiger charge is 2.49. The van der Waals surface area contributed by atoms with Gasteiger partial charge in [-0.15, -0.1) is 0 Å². The summed E-state index contributed by atoms with van der Waals surface area (Å²) in [6.07, 6.45) is 11.1. The van der Waals surface area contributed by atoms with Gasteiger partial charge in [-0.2, -0.15) is 11.8 Å². The van der Waals surface area contributed by atoms with Crippen LogP contribution in [0.2, 0.25) is 0 Å². The summed E-state index contributed by atoms with van der Waals surface area (Å²) in [5, 5.41) is 4.42. The third-order valence-corrected chi connectivity index (χ3v) is 6.60. The fourth-order valence-corrected chi connectivity index (χ4v) is 5.42. The highest BCUT2D eigenvalue weighted by atomic mass is 32.2. The molecule has 2 unspecified atom stereocenters. The maximum absolute atomic E-state index is 12.4. The van der Waals surface area contributed by atoms with E-state index in [9.17, 15) is 4.79 Å². The molecule has 0 aromatic carbocycles. The van der Waals surface area contributed by atoms with E-state index in [2.05, 4.69) is 24.0 Å². The van der Waals surface area contributed by atoms with E-state index >= 15 is 0 Å². The van der Waals surface area contributed by atoms with Crippen molar-refractivity contribution in [1.29, 1.82) is 0 Å². The molecule has 2 aliphatic carbocycles. The second kappa shape index (κ2) is 8.42.